The normalized spacial score (nSPS) is 16.0. The zero-order valence-electron chi connectivity index (χ0n) is 24.5. The number of hydrogen-bond donors (Lipinski definition) is 0. The molecule has 2 aliphatic rings. The van der Waals surface area contributed by atoms with Crippen LogP contribution in [0.25, 0.3) is 6.08 Å². The molecule has 0 saturated carbocycles. The predicted octanol–water partition coefficient (Wildman–Crippen LogP) is 6.43. The van der Waals surface area contributed by atoms with Gasteiger partial charge in [0, 0.05) is 42.5 Å². The maximum Gasteiger partial charge on any atom is 0.294 e. The Morgan fingerprint density at radius 3 is 2.41 bits per heavy atom. The number of benzene rings is 3. The SMILES string of the molecule is C=CCc1cc(/C=C2/SC(=O)N(CC(=O)N3CCN(c4ccccc4)CC3)C2=O)cc(OCC)c1OCc1ccc(Cl)cc1. The van der Waals surface area contributed by atoms with Crippen molar-refractivity contribution in [2.45, 2.75) is 20.0 Å². The first-order valence-corrected chi connectivity index (χ1v) is 15.7. The maximum absolute atomic E-state index is 13.3. The van der Waals surface area contributed by atoms with E-state index in [2.05, 4.69) is 11.5 Å². The molecular formula is C34H34ClN3O5S. The Morgan fingerprint density at radius 2 is 1.73 bits per heavy atom. The lowest BCUT2D eigenvalue weighted by Gasteiger charge is -2.36. The number of allylic oxidation sites excluding steroid dienone is 1. The molecule has 2 heterocycles. The molecule has 228 valence electrons. The molecule has 0 N–H and O–H groups in total. The third-order valence-electron chi connectivity index (χ3n) is 7.33. The van der Waals surface area contributed by atoms with E-state index in [0.29, 0.717) is 67.9 Å². The fourth-order valence-corrected chi connectivity index (χ4v) is 6.08. The third kappa shape index (κ3) is 7.46. The molecule has 10 heteroatoms. The van der Waals surface area contributed by atoms with Crippen LogP contribution < -0.4 is 14.4 Å². The van der Waals surface area contributed by atoms with Gasteiger partial charge in [-0.2, -0.15) is 0 Å². The number of carbonyl (C=O) groups excluding carboxylic acids is 3. The molecule has 5 rings (SSSR count). The van der Waals surface area contributed by atoms with Crippen LogP contribution in [0.3, 0.4) is 0 Å². The number of ether oxygens (including phenoxy) is 2. The van der Waals surface area contributed by atoms with Crippen molar-refractivity contribution in [1.29, 1.82) is 0 Å². The Bertz CT molecular complexity index is 1550. The average molecular weight is 632 g/mol. The number of hydrogen-bond acceptors (Lipinski definition) is 7. The summed E-state index contributed by atoms with van der Waals surface area (Å²) in [6.45, 7) is 8.63. The second-order valence-corrected chi connectivity index (χ2v) is 11.7. The van der Waals surface area contributed by atoms with E-state index in [4.69, 9.17) is 21.1 Å². The molecule has 0 aromatic heterocycles. The zero-order valence-corrected chi connectivity index (χ0v) is 26.1. The van der Waals surface area contributed by atoms with Crippen LogP contribution in [0.15, 0.2) is 84.3 Å². The van der Waals surface area contributed by atoms with Gasteiger partial charge in [0.1, 0.15) is 13.2 Å². The van der Waals surface area contributed by atoms with Gasteiger partial charge in [-0.15, -0.1) is 6.58 Å². The van der Waals surface area contributed by atoms with Crippen LogP contribution in [-0.2, 0) is 22.6 Å². The van der Waals surface area contributed by atoms with E-state index in [1.165, 1.54) is 0 Å². The van der Waals surface area contributed by atoms with Crippen molar-refractivity contribution in [3.8, 4) is 11.5 Å². The van der Waals surface area contributed by atoms with Gasteiger partial charge in [0.2, 0.25) is 5.91 Å². The van der Waals surface area contributed by atoms with Gasteiger partial charge in [-0.3, -0.25) is 19.3 Å². The standard InChI is InChI=1S/C34H34ClN3O5S/c1-3-8-26-19-25(20-29(42-4-2)32(26)43-23-24-11-13-27(35)14-12-24)21-30-33(40)38(34(41)44-30)22-31(39)37-17-15-36(16-18-37)28-9-6-5-7-10-28/h3,5-7,9-14,19-21H,1,4,8,15-18,22-23H2,2H3/b30-21+. The van der Waals surface area contributed by atoms with Crippen molar-refractivity contribution in [3.05, 3.63) is 106 Å². The highest BCUT2D eigenvalue weighted by Gasteiger charge is 2.37. The molecular weight excluding hydrogens is 598 g/mol. The molecule has 8 nitrogen and oxygen atoms in total. The number of amides is 3. The van der Waals surface area contributed by atoms with E-state index in [9.17, 15) is 14.4 Å². The summed E-state index contributed by atoms with van der Waals surface area (Å²) >= 11 is 6.85. The number of halogens is 1. The first-order chi connectivity index (χ1) is 21.4. The number of imide groups is 1. The Labute approximate surface area is 266 Å². The van der Waals surface area contributed by atoms with Gasteiger partial charge in [-0.05, 0) is 78.7 Å². The minimum atomic E-state index is -0.484. The minimum Gasteiger partial charge on any atom is -0.490 e. The molecule has 44 heavy (non-hydrogen) atoms. The lowest BCUT2D eigenvalue weighted by molar-refractivity contribution is -0.136. The Morgan fingerprint density at radius 1 is 1.00 bits per heavy atom. The van der Waals surface area contributed by atoms with Crippen LogP contribution in [0.2, 0.25) is 5.02 Å². The number of anilines is 1. The van der Waals surface area contributed by atoms with E-state index in [0.717, 1.165) is 33.5 Å². The van der Waals surface area contributed by atoms with Crippen LogP contribution in [0.5, 0.6) is 11.5 Å². The molecule has 0 spiro atoms. The highest BCUT2D eigenvalue weighted by Crippen LogP contribution is 2.38. The molecule has 2 saturated heterocycles. The van der Waals surface area contributed by atoms with Crippen molar-refractivity contribution in [1.82, 2.24) is 9.80 Å². The van der Waals surface area contributed by atoms with E-state index < -0.39 is 11.1 Å². The van der Waals surface area contributed by atoms with Crippen molar-refractivity contribution < 1.29 is 23.9 Å². The molecule has 0 radical (unpaired) electrons. The summed E-state index contributed by atoms with van der Waals surface area (Å²) in [5, 5.41) is 0.188. The van der Waals surface area contributed by atoms with Crippen LogP contribution in [0.4, 0.5) is 10.5 Å². The topological polar surface area (TPSA) is 79.4 Å². The van der Waals surface area contributed by atoms with Crippen molar-refractivity contribution in [3.63, 3.8) is 0 Å². The van der Waals surface area contributed by atoms with E-state index in [1.54, 1.807) is 23.1 Å². The summed E-state index contributed by atoms with van der Waals surface area (Å²) in [6, 6.07) is 21.1. The molecule has 0 bridgehead atoms. The number of para-hydroxylation sites is 1. The van der Waals surface area contributed by atoms with Crippen LogP contribution in [-0.4, -0.2) is 66.2 Å². The Balaban J connectivity index is 1.28. The highest BCUT2D eigenvalue weighted by molar-refractivity contribution is 8.18. The quantitative estimate of drug-likeness (QED) is 0.178. The summed E-state index contributed by atoms with van der Waals surface area (Å²) in [7, 11) is 0. The monoisotopic (exact) mass is 631 g/mol. The first kappa shape index (κ1) is 31.2. The molecule has 3 aromatic carbocycles. The molecule has 2 fully saturated rings. The zero-order chi connectivity index (χ0) is 31.1. The van der Waals surface area contributed by atoms with Gasteiger partial charge in [-0.25, -0.2) is 0 Å². The predicted molar refractivity (Wildman–Crippen MR) is 175 cm³/mol. The largest absolute Gasteiger partial charge is 0.490 e. The fourth-order valence-electron chi connectivity index (χ4n) is 5.11. The smallest absolute Gasteiger partial charge is 0.294 e. The van der Waals surface area contributed by atoms with E-state index in [1.807, 2.05) is 67.6 Å². The Hall–Kier alpha value is -4.21. The van der Waals surface area contributed by atoms with E-state index in [-0.39, 0.29) is 17.4 Å². The van der Waals surface area contributed by atoms with E-state index >= 15 is 0 Å². The lowest BCUT2D eigenvalue weighted by Crippen LogP contribution is -2.51. The first-order valence-electron chi connectivity index (χ1n) is 14.5. The summed E-state index contributed by atoms with van der Waals surface area (Å²) < 4.78 is 12.1. The number of carbonyl (C=O) groups is 3. The van der Waals surface area contributed by atoms with Crippen LogP contribution in [0, 0.1) is 0 Å². The molecule has 2 aliphatic heterocycles. The van der Waals surface area contributed by atoms with Crippen LogP contribution >= 0.6 is 23.4 Å². The summed E-state index contributed by atoms with van der Waals surface area (Å²) in [6.07, 6.45) is 3.93. The Kier molecular flexibility index (Phi) is 10.3. The van der Waals surface area contributed by atoms with Crippen molar-refractivity contribution in [2.24, 2.45) is 0 Å². The van der Waals surface area contributed by atoms with Gasteiger partial charge in [-0.1, -0.05) is 48.0 Å². The molecule has 0 atom stereocenters. The lowest BCUT2D eigenvalue weighted by atomic mass is 10.0. The minimum absolute atomic E-state index is 0.240. The average Bonchev–Trinajstić information content (AvgIpc) is 3.29. The number of nitrogens with zero attached hydrogens (tertiary/aromatic N) is 3. The van der Waals surface area contributed by atoms with Gasteiger partial charge in [0.25, 0.3) is 11.1 Å². The molecule has 3 amide bonds. The van der Waals surface area contributed by atoms with Gasteiger partial charge < -0.3 is 19.3 Å². The second kappa shape index (κ2) is 14.5. The number of thioether (sulfide) groups is 1. The molecule has 3 aromatic rings. The summed E-state index contributed by atoms with van der Waals surface area (Å²) in [5.74, 6) is 0.388. The number of rotatable bonds is 11. The maximum atomic E-state index is 13.3. The third-order valence-corrected chi connectivity index (χ3v) is 8.49. The fraction of sp³-hybridized carbons (Fsp3) is 0.265. The molecule has 0 unspecified atom stereocenters. The molecule has 0 aliphatic carbocycles. The highest BCUT2D eigenvalue weighted by atomic mass is 35.5. The van der Waals surface area contributed by atoms with Crippen LogP contribution in [0.1, 0.15) is 23.6 Å². The summed E-state index contributed by atoms with van der Waals surface area (Å²) in [5.41, 5.74) is 3.57. The van der Waals surface area contributed by atoms with Gasteiger partial charge in [0.15, 0.2) is 11.5 Å². The van der Waals surface area contributed by atoms with Gasteiger partial charge in [0.05, 0.1) is 11.5 Å². The second-order valence-electron chi connectivity index (χ2n) is 10.3. The van der Waals surface area contributed by atoms with Crippen molar-refractivity contribution >= 4 is 52.2 Å². The number of piperazine rings is 1. The van der Waals surface area contributed by atoms with Crippen molar-refractivity contribution in [2.75, 3.05) is 44.2 Å². The van der Waals surface area contributed by atoms with Gasteiger partial charge >= 0.3 is 0 Å². The summed E-state index contributed by atoms with van der Waals surface area (Å²) in [4.78, 5) is 44.5.